The third-order valence-electron chi connectivity index (χ3n) is 9.47. The van der Waals surface area contributed by atoms with Gasteiger partial charge in [-0.3, -0.25) is 4.79 Å². The van der Waals surface area contributed by atoms with Crippen molar-refractivity contribution in [3.63, 3.8) is 0 Å². The summed E-state index contributed by atoms with van der Waals surface area (Å²) in [6.07, 6.45) is 9.16. The highest BCUT2D eigenvalue weighted by Crippen LogP contribution is 2.37. The lowest BCUT2D eigenvalue weighted by Crippen LogP contribution is -2.55. The monoisotopic (exact) mass is 652 g/mol. The van der Waals surface area contributed by atoms with Crippen molar-refractivity contribution in [1.29, 1.82) is 5.26 Å². The molecule has 47 heavy (non-hydrogen) atoms. The summed E-state index contributed by atoms with van der Waals surface area (Å²) in [4.78, 5) is 35.7. The molecule has 1 amide bonds. The second-order valence-electron chi connectivity index (χ2n) is 12.3. The molecule has 12 nitrogen and oxygen atoms in total. The maximum Gasteiger partial charge on any atom is 0.318 e. The Kier molecular flexibility index (Phi) is 8.91. The number of benzene rings is 2. The van der Waals surface area contributed by atoms with Crippen LogP contribution < -0.4 is 14.5 Å². The average molecular weight is 653 g/mol. The van der Waals surface area contributed by atoms with Gasteiger partial charge in [0, 0.05) is 61.1 Å². The molecule has 242 valence electrons. The second kappa shape index (κ2) is 13.6. The van der Waals surface area contributed by atoms with Gasteiger partial charge in [0.2, 0.25) is 5.91 Å². The Morgan fingerprint density at radius 1 is 1.11 bits per heavy atom. The molecule has 5 heterocycles. The fourth-order valence-electron chi connectivity index (χ4n) is 6.97. The number of ether oxygens (including phenoxy) is 1. The molecule has 2 saturated heterocycles. The number of rotatable bonds is 8. The van der Waals surface area contributed by atoms with Crippen LogP contribution in [0.4, 0.5) is 11.5 Å². The fourth-order valence-corrected chi connectivity index (χ4v) is 7.25. The quantitative estimate of drug-likeness (QED) is 0.258. The van der Waals surface area contributed by atoms with E-state index in [2.05, 4.69) is 62.2 Å². The Labute approximate surface area is 278 Å². The summed E-state index contributed by atoms with van der Waals surface area (Å²) in [5.41, 5.74) is 3.08. The molecule has 4 aromatic rings. The molecule has 3 aliphatic rings. The zero-order valence-corrected chi connectivity index (χ0v) is 27.1. The lowest BCUT2D eigenvalue weighted by molar-refractivity contribution is -0.128. The second-order valence-corrected chi connectivity index (χ2v) is 12.7. The zero-order chi connectivity index (χ0) is 32.3. The average Bonchev–Trinajstić information content (AvgIpc) is 3.77. The van der Waals surface area contributed by atoms with E-state index in [4.69, 9.17) is 26.3 Å². The number of amides is 1. The Balaban J connectivity index is 1.18. The highest BCUT2D eigenvalue weighted by molar-refractivity contribution is 6.36. The van der Waals surface area contributed by atoms with Crippen LogP contribution in [0.2, 0.25) is 5.02 Å². The van der Waals surface area contributed by atoms with E-state index in [1.807, 2.05) is 12.1 Å². The molecule has 13 heteroatoms. The van der Waals surface area contributed by atoms with E-state index in [9.17, 15) is 10.1 Å². The number of anilines is 2. The number of piperazine rings is 1. The van der Waals surface area contributed by atoms with Gasteiger partial charge >= 0.3 is 6.01 Å². The Hall–Kier alpha value is -4.73. The number of nitrogens with zero attached hydrogens (tertiary/aromatic N) is 10. The first kappa shape index (κ1) is 30.9. The molecule has 2 fully saturated rings. The number of carbonyl (C=O) groups excluding carboxylic acids is 1. The van der Waals surface area contributed by atoms with Gasteiger partial charge in [0.25, 0.3) is 0 Å². The predicted molar refractivity (Wildman–Crippen MR) is 180 cm³/mol. The third kappa shape index (κ3) is 6.46. The molecule has 0 bridgehead atoms. The maximum absolute atomic E-state index is 13.2. The van der Waals surface area contributed by atoms with Crippen molar-refractivity contribution in [2.24, 2.45) is 0 Å². The third-order valence-corrected chi connectivity index (χ3v) is 9.79. The van der Waals surface area contributed by atoms with Crippen molar-refractivity contribution >= 4 is 46.0 Å². The summed E-state index contributed by atoms with van der Waals surface area (Å²) in [6.45, 7) is 4.44. The van der Waals surface area contributed by atoms with Gasteiger partial charge in [-0.05, 0) is 50.4 Å². The molecule has 0 saturated carbocycles. The van der Waals surface area contributed by atoms with Crippen LogP contribution in [0.3, 0.4) is 0 Å². The van der Waals surface area contributed by atoms with Crippen LogP contribution in [-0.4, -0.2) is 98.9 Å². The standard InChI is InChI=1S/C34H37ClN10O2/c1-41-14-4-7-26(41)21-47-34-39-29-20-42(30-9-3-6-24-5-2-8-28(35)32(24)30)15-11-27(29)33(40-34)43-17-18-45(25(19-43)10-13-36)31(46)12-16-44-23-37-22-38-44/h2-3,5-6,8-9,12,16,22-23,25-26H,4,7,10-11,14-15,17-21H2,1H3/b16-12+. The molecule has 2 aromatic carbocycles. The number of hydrogen-bond acceptors (Lipinski definition) is 10. The molecule has 2 atom stereocenters. The first-order valence-electron chi connectivity index (χ1n) is 16.1. The van der Waals surface area contributed by atoms with E-state index in [0.29, 0.717) is 44.8 Å². The Morgan fingerprint density at radius 2 is 1.98 bits per heavy atom. The van der Waals surface area contributed by atoms with Gasteiger partial charge < -0.3 is 24.3 Å². The van der Waals surface area contributed by atoms with Crippen LogP contribution in [0.1, 0.15) is 30.5 Å². The van der Waals surface area contributed by atoms with Crippen LogP contribution in [0.15, 0.2) is 55.1 Å². The number of fused-ring (bicyclic) bond motifs is 2. The van der Waals surface area contributed by atoms with Crippen molar-refractivity contribution in [1.82, 2.24) is 34.5 Å². The fraction of sp³-hybridized carbons (Fsp3) is 0.412. The number of likely N-dealkylation sites (tertiary alicyclic amines) is 1. The summed E-state index contributed by atoms with van der Waals surface area (Å²) in [6, 6.07) is 14.9. The van der Waals surface area contributed by atoms with Gasteiger partial charge in [0.15, 0.2) is 0 Å². The van der Waals surface area contributed by atoms with Crippen molar-refractivity contribution < 1.29 is 9.53 Å². The molecular weight excluding hydrogens is 616 g/mol. The highest BCUT2D eigenvalue weighted by Gasteiger charge is 2.34. The lowest BCUT2D eigenvalue weighted by Gasteiger charge is -2.42. The van der Waals surface area contributed by atoms with E-state index in [1.54, 1.807) is 11.1 Å². The summed E-state index contributed by atoms with van der Waals surface area (Å²) in [5, 5.41) is 16.6. The van der Waals surface area contributed by atoms with Crippen LogP contribution in [0, 0.1) is 11.3 Å². The van der Waals surface area contributed by atoms with E-state index in [0.717, 1.165) is 70.9 Å². The number of nitriles is 1. The first-order chi connectivity index (χ1) is 23.0. The maximum atomic E-state index is 13.2. The molecular formula is C34H37ClN10O2. The van der Waals surface area contributed by atoms with Crippen molar-refractivity contribution in [2.75, 3.05) is 56.2 Å². The first-order valence-corrected chi connectivity index (χ1v) is 16.5. The minimum atomic E-state index is -0.304. The summed E-state index contributed by atoms with van der Waals surface area (Å²) in [7, 11) is 2.13. The van der Waals surface area contributed by atoms with Crippen molar-refractivity contribution in [3.05, 3.63) is 71.4 Å². The van der Waals surface area contributed by atoms with Gasteiger partial charge in [0.1, 0.15) is 25.1 Å². The largest absolute Gasteiger partial charge is 0.462 e. The topological polar surface area (TPSA) is 120 Å². The molecule has 0 N–H and O–H groups in total. The van der Waals surface area contributed by atoms with E-state index < -0.39 is 0 Å². The number of hydrogen-bond donors (Lipinski definition) is 0. The van der Waals surface area contributed by atoms with Gasteiger partial charge in [0.05, 0.1) is 35.8 Å². The molecule has 2 unspecified atom stereocenters. The van der Waals surface area contributed by atoms with Crippen LogP contribution in [-0.2, 0) is 17.8 Å². The van der Waals surface area contributed by atoms with Gasteiger partial charge in [-0.25, -0.2) is 9.67 Å². The summed E-state index contributed by atoms with van der Waals surface area (Å²) >= 11 is 6.72. The SMILES string of the molecule is CN1CCCC1COc1nc2c(c(N3CCN(C(=O)/C=C/n4cncn4)C(CC#N)C3)n1)CCN(c1cccc3cccc(Cl)c13)C2. The van der Waals surface area contributed by atoms with Crippen molar-refractivity contribution in [2.45, 2.75) is 44.3 Å². The zero-order valence-electron chi connectivity index (χ0n) is 26.4. The van der Waals surface area contributed by atoms with Crippen molar-refractivity contribution in [3.8, 4) is 12.1 Å². The summed E-state index contributed by atoms with van der Waals surface area (Å²) < 4.78 is 7.79. The molecule has 7 rings (SSSR count). The number of carbonyl (C=O) groups is 1. The Morgan fingerprint density at radius 3 is 2.77 bits per heavy atom. The van der Waals surface area contributed by atoms with E-state index in [1.165, 1.54) is 23.4 Å². The molecule has 0 aliphatic carbocycles. The normalized spacial score (nSPS) is 20.1. The van der Waals surface area contributed by atoms with Gasteiger partial charge in [-0.2, -0.15) is 20.3 Å². The number of likely N-dealkylation sites (N-methyl/N-ethyl adjacent to an activating group) is 1. The predicted octanol–water partition coefficient (Wildman–Crippen LogP) is 4.01. The number of halogens is 1. The highest BCUT2D eigenvalue weighted by atomic mass is 35.5. The minimum Gasteiger partial charge on any atom is -0.462 e. The van der Waals surface area contributed by atoms with Crippen LogP contribution >= 0.6 is 11.6 Å². The molecule has 0 spiro atoms. The van der Waals surface area contributed by atoms with Crippen LogP contribution in [0.25, 0.3) is 17.0 Å². The van der Waals surface area contributed by atoms with E-state index >= 15 is 0 Å². The molecule has 2 aromatic heterocycles. The molecule has 3 aliphatic heterocycles. The Bertz CT molecular complexity index is 1820. The minimum absolute atomic E-state index is 0.167. The molecule has 0 radical (unpaired) electrons. The van der Waals surface area contributed by atoms with Crippen LogP contribution in [0.5, 0.6) is 6.01 Å². The lowest BCUT2D eigenvalue weighted by atomic mass is 10.0. The van der Waals surface area contributed by atoms with E-state index in [-0.39, 0.29) is 18.4 Å². The van der Waals surface area contributed by atoms with Gasteiger partial charge in [-0.1, -0.05) is 35.9 Å². The summed E-state index contributed by atoms with van der Waals surface area (Å²) in [5.74, 6) is 0.660. The van der Waals surface area contributed by atoms with Gasteiger partial charge in [-0.15, -0.1) is 0 Å². The number of aromatic nitrogens is 5. The smallest absolute Gasteiger partial charge is 0.318 e.